The molecule has 0 radical (unpaired) electrons. The Morgan fingerprint density at radius 1 is 1.33 bits per heavy atom. The Kier molecular flexibility index (Phi) is 5.79. The molecule has 1 aromatic rings. The molecule has 0 unspecified atom stereocenters. The summed E-state index contributed by atoms with van der Waals surface area (Å²) in [5.74, 6) is -2.22. The van der Waals surface area contributed by atoms with E-state index >= 15 is 0 Å². The molecule has 5 nitrogen and oxygen atoms in total. The fourth-order valence-corrected chi connectivity index (χ4v) is 2.40. The minimum atomic E-state index is -5.12. The summed E-state index contributed by atoms with van der Waals surface area (Å²) in [5.41, 5.74) is 0.666. The molecule has 1 aromatic carbocycles. The maximum atomic E-state index is 14.2. The minimum absolute atomic E-state index is 0.0935. The van der Waals surface area contributed by atoms with Gasteiger partial charge in [0.25, 0.3) is 0 Å². The molecule has 1 aliphatic heterocycles. The van der Waals surface area contributed by atoms with E-state index in [2.05, 4.69) is 0 Å². The van der Waals surface area contributed by atoms with Gasteiger partial charge in [0.1, 0.15) is 6.10 Å². The zero-order valence-electron chi connectivity index (χ0n) is 12.7. The van der Waals surface area contributed by atoms with Crippen LogP contribution in [0.15, 0.2) is 30.3 Å². The molecule has 0 saturated carbocycles. The molecule has 24 heavy (non-hydrogen) atoms. The predicted octanol–water partition coefficient (Wildman–Crippen LogP) is 1.69. The minimum Gasteiger partial charge on any atom is -0.368 e. The number of ether oxygens (including phenoxy) is 2. The molecule has 0 spiro atoms. The van der Waals surface area contributed by atoms with E-state index in [0.717, 1.165) is 0 Å². The number of halogens is 4. The Hall–Kier alpha value is -1.71. The van der Waals surface area contributed by atoms with Crippen molar-refractivity contribution >= 4 is 5.91 Å². The lowest BCUT2D eigenvalue weighted by molar-refractivity contribution is -0.247. The Bertz CT molecular complexity index is 554. The molecule has 1 fully saturated rings. The largest absolute Gasteiger partial charge is 0.471 e. The number of carbonyl (C=O) groups is 1. The summed E-state index contributed by atoms with van der Waals surface area (Å²) in [6, 6.07) is 7.17. The van der Waals surface area contributed by atoms with Crippen LogP contribution < -0.4 is 5.32 Å². The highest BCUT2D eigenvalue weighted by molar-refractivity contribution is 5.82. The van der Waals surface area contributed by atoms with Crippen LogP contribution >= 0.6 is 0 Å². The highest BCUT2D eigenvalue weighted by Gasteiger charge is 2.49. The number of hydrogen-bond donors (Lipinski definition) is 2. The highest BCUT2D eigenvalue weighted by atomic mass is 19.4. The molecule has 1 saturated heterocycles. The van der Waals surface area contributed by atoms with Crippen LogP contribution in [0, 0.1) is 0 Å². The number of aliphatic hydroxyl groups excluding tert-OH is 1. The van der Waals surface area contributed by atoms with Gasteiger partial charge in [-0.05, 0) is 12.5 Å². The monoisotopic (exact) mass is 351 g/mol. The van der Waals surface area contributed by atoms with Gasteiger partial charge in [0.15, 0.2) is 12.5 Å². The van der Waals surface area contributed by atoms with E-state index < -0.39 is 42.8 Å². The first-order valence-electron chi connectivity index (χ1n) is 7.21. The van der Waals surface area contributed by atoms with Gasteiger partial charge in [-0.25, -0.2) is 4.39 Å². The zero-order valence-corrected chi connectivity index (χ0v) is 12.7. The van der Waals surface area contributed by atoms with Crippen LogP contribution in [0.25, 0.3) is 0 Å². The summed E-state index contributed by atoms with van der Waals surface area (Å²) in [5, 5.41) is 11.2. The second kappa shape index (κ2) is 7.45. The lowest BCUT2D eigenvalue weighted by atomic mass is 9.97. The first-order valence-corrected chi connectivity index (χ1v) is 7.21. The maximum absolute atomic E-state index is 14.2. The normalized spacial score (nSPS) is 30.8. The Morgan fingerprint density at radius 3 is 2.54 bits per heavy atom. The number of alkyl halides is 4. The van der Waals surface area contributed by atoms with Gasteiger partial charge in [0, 0.05) is 0 Å². The van der Waals surface area contributed by atoms with Gasteiger partial charge in [-0.1, -0.05) is 30.3 Å². The summed E-state index contributed by atoms with van der Waals surface area (Å²) >= 11 is 0. The smallest absolute Gasteiger partial charge is 0.368 e. The number of carbonyl (C=O) groups excluding carboxylic acids is 1. The van der Waals surface area contributed by atoms with E-state index in [1.807, 2.05) is 0 Å². The van der Waals surface area contributed by atoms with E-state index in [-0.39, 0.29) is 6.61 Å². The molecular weight excluding hydrogens is 334 g/mol. The third-order valence-corrected chi connectivity index (χ3v) is 3.64. The van der Waals surface area contributed by atoms with Gasteiger partial charge in [-0.2, -0.15) is 13.2 Å². The zero-order chi connectivity index (χ0) is 17.9. The number of amides is 1. The Labute approximate surface area is 135 Å². The van der Waals surface area contributed by atoms with Gasteiger partial charge in [0.2, 0.25) is 0 Å². The van der Waals surface area contributed by atoms with Crippen LogP contribution in [0.1, 0.15) is 12.5 Å². The maximum Gasteiger partial charge on any atom is 0.471 e. The van der Waals surface area contributed by atoms with Crippen molar-refractivity contribution in [2.24, 2.45) is 0 Å². The van der Waals surface area contributed by atoms with Crippen molar-refractivity contribution in [3.63, 3.8) is 0 Å². The van der Waals surface area contributed by atoms with Crippen LogP contribution in [-0.2, 0) is 20.9 Å². The topological polar surface area (TPSA) is 67.8 Å². The standard InChI is InChI=1S/C15H17F4NO4/c1-8-11(20-14(22)15(17,18)19)12(10(16)13(21)24-8)23-7-9-5-3-2-4-6-9/h2-6,8,10-13,21H,7H2,1H3,(H,20,22)/t8-,10-,11+,12-,13+/m1/s1. The Morgan fingerprint density at radius 2 is 1.96 bits per heavy atom. The van der Waals surface area contributed by atoms with Crippen LogP contribution in [0.2, 0.25) is 0 Å². The molecule has 1 amide bonds. The van der Waals surface area contributed by atoms with E-state index in [0.29, 0.717) is 5.56 Å². The predicted molar refractivity (Wildman–Crippen MR) is 74.5 cm³/mol. The fraction of sp³-hybridized carbons (Fsp3) is 0.533. The third-order valence-electron chi connectivity index (χ3n) is 3.64. The van der Waals surface area contributed by atoms with Crippen molar-refractivity contribution in [1.82, 2.24) is 5.32 Å². The molecule has 2 N–H and O–H groups in total. The van der Waals surface area contributed by atoms with E-state index in [4.69, 9.17) is 9.47 Å². The van der Waals surface area contributed by atoms with E-state index in [1.165, 1.54) is 6.92 Å². The van der Waals surface area contributed by atoms with Crippen LogP contribution in [0.4, 0.5) is 17.6 Å². The SMILES string of the molecule is C[C@H]1O[C@H](O)[C@H](F)[C@@H](OCc2ccccc2)[C@H]1NC(=O)C(F)(F)F. The van der Waals surface area contributed by atoms with Crippen LogP contribution in [-0.4, -0.2) is 47.9 Å². The van der Waals surface area contributed by atoms with Gasteiger partial charge in [-0.3, -0.25) is 4.79 Å². The summed E-state index contributed by atoms with van der Waals surface area (Å²) < 4.78 is 61.7. The molecule has 2 rings (SSSR count). The average molecular weight is 351 g/mol. The molecular formula is C15H17F4NO4. The van der Waals surface area contributed by atoms with Crippen molar-refractivity contribution in [3.05, 3.63) is 35.9 Å². The number of hydrogen-bond acceptors (Lipinski definition) is 4. The second-order valence-corrected chi connectivity index (χ2v) is 5.43. The summed E-state index contributed by atoms with van der Waals surface area (Å²) in [7, 11) is 0. The van der Waals surface area contributed by atoms with Crippen LogP contribution in [0.5, 0.6) is 0 Å². The van der Waals surface area contributed by atoms with Crippen molar-refractivity contribution in [3.8, 4) is 0 Å². The number of aliphatic hydroxyl groups is 1. The Balaban J connectivity index is 2.12. The van der Waals surface area contributed by atoms with Crippen molar-refractivity contribution < 1.29 is 36.9 Å². The molecule has 1 heterocycles. The van der Waals surface area contributed by atoms with Crippen molar-refractivity contribution in [2.45, 2.75) is 50.4 Å². The summed E-state index contributed by atoms with van der Waals surface area (Å²) in [4.78, 5) is 11.2. The van der Waals surface area contributed by atoms with Gasteiger partial charge >= 0.3 is 12.1 Å². The van der Waals surface area contributed by atoms with Gasteiger partial charge in [0.05, 0.1) is 18.8 Å². The number of rotatable bonds is 4. The van der Waals surface area contributed by atoms with E-state index in [1.54, 1.807) is 35.6 Å². The van der Waals surface area contributed by atoms with Crippen molar-refractivity contribution in [1.29, 1.82) is 0 Å². The third kappa shape index (κ3) is 4.43. The van der Waals surface area contributed by atoms with Crippen molar-refractivity contribution in [2.75, 3.05) is 0 Å². The fourth-order valence-electron chi connectivity index (χ4n) is 2.40. The second-order valence-electron chi connectivity index (χ2n) is 5.43. The molecule has 0 bridgehead atoms. The molecule has 1 aliphatic rings. The number of nitrogens with one attached hydrogen (secondary N) is 1. The van der Waals surface area contributed by atoms with Crippen LogP contribution in [0.3, 0.4) is 0 Å². The lowest BCUT2D eigenvalue weighted by Gasteiger charge is -2.41. The first kappa shape index (κ1) is 18.6. The number of benzene rings is 1. The summed E-state index contributed by atoms with van der Waals surface area (Å²) in [6.07, 6.45) is -11.6. The lowest BCUT2D eigenvalue weighted by Crippen LogP contribution is -2.63. The van der Waals surface area contributed by atoms with Gasteiger partial charge in [-0.15, -0.1) is 0 Å². The highest BCUT2D eigenvalue weighted by Crippen LogP contribution is 2.27. The quantitative estimate of drug-likeness (QED) is 0.811. The summed E-state index contributed by atoms with van der Waals surface area (Å²) in [6.45, 7) is 1.22. The molecule has 134 valence electrons. The average Bonchev–Trinajstić information content (AvgIpc) is 2.52. The molecule has 0 aliphatic carbocycles. The molecule has 5 atom stereocenters. The van der Waals surface area contributed by atoms with Gasteiger partial charge < -0.3 is 19.9 Å². The first-order chi connectivity index (χ1) is 11.2. The molecule has 0 aromatic heterocycles. The van der Waals surface area contributed by atoms with E-state index in [9.17, 15) is 27.5 Å². The molecule has 9 heteroatoms.